The molecule has 0 saturated heterocycles. The Kier molecular flexibility index (Phi) is 2.82. The minimum Gasteiger partial charge on any atom is -0.309 e. The summed E-state index contributed by atoms with van der Waals surface area (Å²) in [4.78, 5) is 12.2. The molecule has 2 rings (SSSR count). The van der Waals surface area contributed by atoms with Gasteiger partial charge in [0.25, 0.3) is 5.56 Å². The second-order valence-electron chi connectivity index (χ2n) is 4.57. The minimum atomic E-state index is -0.105. The Morgan fingerprint density at radius 1 is 1.38 bits per heavy atom. The van der Waals surface area contributed by atoms with Crippen molar-refractivity contribution in [2.45, 2.75) is 45.6 Å². The fourth-order valence-electron chi connectivity index (χ4n) is 2.66. The third kappa shape index (κ3) is 1.65. The summed E-state index contributed by atoms with van der Waals surface area (Å²) in [6.07, 6.45) is 4.50. The van der Waals surface area contributed by atoms with Gasteiger partial charge in [0, 0.05) is 11.7 Å². The van der Waals surface area contributed by atoms with Crippen LogP contribution in [0.5, 0.6) is 0 Å². The Labute approximate surface area is 95.3 Å². The van der Waals surface area contributed by atoms with Gasteiger partial charge in [0.1, 0.15) is 11.6 Å². The molecule has 1 heterocycles. The van der Waals surface area contributed by atoms with E-state index >= 15 is 0 Å². The van der Waals surface area contributed by atoms with Crippen molar-refractivity contribution < 1.29 is 0 Å². The number of nitrogens with zero attached hydrogens (tertiary/aromatic N) is 2. The predicted molar refractivity (Wildman–Crippen MR) is 62.4 cm³/mol. The van der Waals surface area contributed by atoms with Crippen LogP contribution in [0.4, 0.5) is 0 Å². The van der Waals surface area contributed by atoms with Crippen LogP contribution in [0.15, 0.2) is 10.9 Å². The van der Waals surface area contributed by atoms with Crippen molar-refractivity contribution in [2.24, 2.45) is 0 Å². The summed E-state index contributed by atoms with van der Waals surface area (Å²) in [6.45, 7) is 3.78. The van der Waals surface area contributed by atoms with Crippen molar-refractivity contribution in [3.8, 4) is 6.07 Å². The number of aromatic nitrogens is 1. The summed E-state index contributed by atoms with van der Waals surface area (Å²) < 4.78 is 1.82. The lowest BCUT2D eigenvalue weighted by molar-refractivity contribution is 0.490. The fourth-order valence-corrected chi connectivity index (χ4v) is 2.66. The van der Waals surface area contributed by atoms with Crippen LogP contribution in [0, 0.1) is 25.2 Å². The normalized spacial score (nSPS) is 16.3. The topological polar surface area (TPSA) is 45.8 Å². The summed E-state index contributed by atoms with van der Waals surface area (Å²) in [5.74, 6) is 0. The highest BCUT2D eigenvalue weighted by Crippen LogP contribution is 2.29. The zero-order valence-electron chi connectivity index (χ0n) is 9.79. The first-order valence-corrected chi connectivity index (χ1v) is 5.78. The Bertz CT molecular complexity index is 502. The Balaban J connectivity index is 2.61. The molecule has 0 atom stereocenters. The standard InChI is InChI=1S/C13H16N2O/c1-9-7-10(2)15(11-5-3-4-6-11)13(16)12(9)8-14/h7,11H,3-6H2,1-2H3. The van der Waals surface area contributed by atoms with Gasteiger partial charge in [-0.25, -0.2) is 0 Å². The lowest BCUT2D eigenvalue weighted by Gasteiger charge is -2.18. The summed E-state index contributed by atoms with van der Waals surface area (Å²) in [7, 11) is 0. The number of aryl methyl sites for hydroxylation is 2. The number of hydrogen-bond donors (Lipinski definition) is 0. The molecule has 0 N–H and O–H groups in total. The van der Waals surface area contributed by atoms with E-state index in [2.05, 4.69) is 0 Å². The molecule has 0 radical (unpaired) electrons. The maximum atomic E-state index is 12.2. The van der Waals surface area contributed by atoms with Crippen LogP contribution in [0.3, 0.4) is 0 Å². The highest BCUT2D eigenvalue weighted by molar-refractivity contribution is 5.36. The highest BCUT2D eigenvalue weighted by atomic mass is 16.1. The summed E-state index contributed by atoms with van der Waals surface area (Å²) >= 11 is 0. The van der Waals surface area contributed by atoms with Gasteiger partial charge >= 0.3 is 0 Å². The van der Waals surface area contributed by atoms with Crippen LogP contribution in [0.1, 0.15) is 48.5 Å². The molecule has 0 bridgehead atoms. The van der Waals surface area contributed by atoms with Gasteiger partial charge in [-0.05, 0) is 38.3 Å². The van der Waals surface area contributed by atoms with Crippen LogP contribution in [-0.4, -0.2) is 4.57 Å². The van der Waals surface area contributed by atoms with E-state index in [-0.39, 0.29) is 5.56 Å². The third-order valence-corrected chi connectivity index (χ3v) is 3.43. The molecular formula is C13H16N2O. The number of nitriles is 1. The summed E-state index contributed by atoms with van der Waals surface area (Å²) in [5.41, 5.74) is 1.97. The molecule has 1 aromatic heterocycles. The monoisotopic (exact) mass is 216 g/mol. The molecule has 0 aliphatic heterocycles. The molecule has 1 aliphatic rings. The molecule has 1 saturated carbocycles. The zero-order valence-corrected chi connectivity index (χ0v) is 9.79. The van der Waals surface area contributed by atoms with Crippen molar-refractivity contribution >= 4 is 0 Å². The SMILES string of the molecule is Cc1cc(C)n(C2CCCC2)c(=O)c1C#N. The Morgan fingerprint density at radius 3 is 2.56 bits per heavy atom. The number of rotatable bonds is 1. The molecule has 16 heavy (non-hydrogen) atoms. The number of pyridine rings is 1. The van der Waals surface area contributed by atoms with Crippen molar-refractivity contribution in [3.05, 3.63) is 33.2 Å². The van der Waals surface area contributed by atoms with Gasteiger partial charge in [0.2, 0.25) is 0 Å². The summed E-state index contributed by atoms with van der Waals surface area (Å²) in [5, 5.41) is 8.99. The Morgan fingerprint density at radius 2 is 2.00 bits per heavy atom. The van der Waals surface area contributed by atoms with E-state index in [1.165, 1.54) is 12.8 Å². The molecule has 0 spiro atoms. The lowest BCUT2D eigenvalue weighted by Crippen LogP contribution is -2.28. The fraction of sp³-hybridized carbons (Fsp3) is 0.538. The van der Waals surface area contributed by atoms with Gasteiger partial charge in [0.05, 0.1) is 0 Å². The first-order valence-electron chi connectivity index (χ1n) is 5.78. The lowest BCUT2D eigenvalue weighted by atomic mass is 10.1. The van der Waals surface area contributed by atoms with Crippen LogP contribution in [0.2, 0.25) is 0 Å². The van der Waals surface area contributed by atoms with Gasteiger partial charge in [-0.2, -0.15) is 5.26 Å². The predicted octanol–water partition coefficient (Wildman–Crippen LogP) is 2.45. The highest BCUT2D eigenvalue weighted by Gasteiger charge is 2.21. The van der Waals surface area contributed by atoms with Crippen molar-refractivity contribution in [2.75, 3.05) is 0 Å². The van der Waals surface area contributed by atoms with Crippen molar-refractivity contribution in [1.29, 1.82) is 5.26 Å². The number of hydrogen-bond acceptors (Lipinski definition) is 2. The minimum absolute atomic E-state index is 0.105. The zero-order chi connectivity index (χ0) is 11.7. The molecule has 3 nitrogen and oxygen atoms in total. The van der Waals surface area contributed by atoms with E-state index in [1.54, 1.807) is 0 Å². The van der Waals surface area contributed by atoms with E-state index in [0.29, 0.717) is 11.6 Å². The van der Waals surface area contributed by atoms with Crippen LogP contribution >= 0.6 is 0 Å². The van der Waals surface area contributed by atoms with E-state index in [4.69, 9.17) is 5.26 Å². The van der Waals surface area contributed by atoms with Crippen molar-refractivity contribution in [1.82, 2.24) is 4.57 Å². The molecule has 0 amide bonds. The maximum Gasteiger partial charge on any atom is 0.269 e. The van der Waals surface area contributed by atoms with Gasteiger partial charge in [-0.1, -0.05) is 12.8 Å². The van der Waals surface area contributed by atoms with Gasteiger partial charge in [-0.3, -0.25) is 4.79 Å². The quantitative estimate of drug-likeness (QED) is 0.723. The average Bonchev–Trinajstić information content (AvgIpc) is 2.70. The molecular weight excluding hydrogens is 200 g/mol. The second-order valence-corrected chi connectivity index (χ2v) is 4.57. The second kappa shape index (κ2) is 4.13. The smallest absolute Gasteiger partial charge is 0.269 e. The van der Waals surface area contributed by atoms with Gasteiger partial charge < -0.3 is 4.57 Å². The van der Waals surface area contributed by atoms with Crippen molar-refractivity contribution in [3.63, 3.8) is 0 Å². The average molecular weight is 216 g/mol. The molecule has 0 aromatic carbocycles. The third-order valence-electron chi connectivity index (χ3n) is 3.43. The molecule has 1 aliphatic carbocycles. The van der Waals surface area contributed by atoms with E-state index in [9.17, 15) is 4.79 Å². The van der Waals surface area contributed by atoms with E-state index in [0.717, 1.165) is 24.1 Å². The molecule has 84 valence electrons. The van der Waals surface area contributed by atoms with Crippen LogP contribution in [0.25, 0.3) is 0 Å². The summed E-state index contributed by atoms with van der Waals surface area (Å²) in [6, 6.07) is 4.27. The van der Waals surface area contributed by atoms with E-state index in [1.807, 2.05) is 30.6 Å². The largest absolute Gasteiger partial charge is 0.309 e. The van der Waals surface area contributed by atoms with Gasteiger partial charge in [-0.15, -0.1) is 0 Å². The van der Waals surface area contributed by atoms with Crippen LogP contribution in [-0.2, 0) is 0 Å². The first-order chi connectivity index (χ1) is 7.65. The molecule has 1 fully saturated rings. The molecule has 0 unspecified atom stereocenters. The van der Waals surface area contributed by atoms with E-state index < -0.39 is 0 Å². The Hall–Kier alpha value is -1.56. The molecule has 3 heteroatoms. The maximum absolute atomic E-state index is 12.2. The van der Waals surface area contributed by atoms with Crippen LogP contribution < -0.4 is 5.56 Å². The first kappa shape index (κ1) is 10.9. The molecule has 1 aromatic rings. The van der Waals surface area contributed by atoms with Gasteiger partial charge in [0.15, 0.2) is 0 Å².